The van der Waals surface area contributed by atoms with Gasteiger partial charge in [0.2, 0.25) is 5.91 Å². The number of hydrogen-bond donors (Lipinski definition) is 2. The third-order valence-corrected chi connectivity index (χ3v) is 3.28. The molecule has 0 fully saturated rings. The zero-order valence-corrected chi connectivity index (χ0v) is 11.8. The summed E-state index contributed by atoms with van der Waals surface area (Å²) in [6, 6.07) is 4.28. The fraction of sp³-hybridized carbons (Fsp3) is 0.500. The number of nitrogens with two attached hydrogens (primary N) is 1. The molecule has 0 aromatic heterocycles. The number of carbonyl (C=O) groups is 1. The van der Waals surface area contributed by atoms with Crippen molar-refractivity contribution in [1.29, 1.82) is 0 Å². The average Bonchev–Trinajstić information content (AvgIpc) is 2.38. The molecule has 2 unspecified atom stereocenters. The monoisotopic (exact) mass is 268 g/mol. The maximum atomic E-state index is 13.6. The zero-order valence-electron chi connectivity index (χ0n) is 11.8. The van der Waals surface area contributed by atoms with Crippen molar-refractivity contribution >= 4 is 5.91 Å². The van der Waals surface area contributed by atoms with Crippen LogP contribution in [-0.4, -0.2) is 18.6 Å². The Bertz CT molecular complexity index is 461. The van der Waals surface area contributed by atoms with Crippen LogP contribution in [-0.2, 0) is 4.79 Å². The SMILES string of the molecule is CCC(C)(N)C(=O)NC(C)c1ccc(OC)c(F)c1. The molecule has 1 aromatic carbocycles. The molecule has 19 heavy (non-hydrogen) atoms. The van der Waals surface area contributed by atoms with E-state index in [9.17, 15) is 9.18 Å². The second kappa shape index (κ2) is 6.02. The topological polar surface area (TPSA) is 64.4 Å². The third kappa shape index (κ3) is 3.67. The molecule has 0 radical (unpaired) electrons. The first-order valence-electron chi connectivity index (χ1n) is 6.25. The Morgan fingerprint density at radius 2 is 2.21 bits per heavy atom. The first-order chi connectivity index (χ1) is 8.81. The second-order valence-corrected chi connectivity index (χ2v) is 4.86. The van der Waals surface area contributed by atoms with Gasteiger partial charge in [-0.1, -0.05) is 13.0 Å². The van der Waals surface area contributed by atoms with Gasteiger partial charge in [-0.3, -0.25) is 4.79 Å². The fourth-order valence-corrected chi connectivity index (χ4v) is 1.56. The summed E-state index contributed by atoms with van der Waals surface area (Å²) in [6.07, 6.45) is 0.530. The smallest absolute Gasteiger partial charge is 0.240 e. The van der Waals surface area contributed by atoms with Gasteiger partial charge in [-0.15, -0.1) is 0 Å². The van der Waals surface area contributed by atoms with Crippen LogP contribution in [0.15, 0.2) is 18.2 Å². The Morgan fingerprint density at radius 3 is 2.68 bits per heavy atom. The van der Waals surface area contributed by atoms with Crippen molar-refractivity contribution in [3.8, 4) is 5.75 Å². The summed E-state index contributed by atoms with van der Waals surface area (Å²) >= 11 is 0. The lowest BCUT2D eigenvalue weighted by Gasteiger charge is -2.24. The van der Waals surface area contributed by atoms with Gasteiger partial charge in [0.1, 0.15) is 0 Å². The van der Waals surface area contributed by atoms with Crippen LogP contribution in [0.1, 0.15) is 38.8 Å². The zero-order chi connectivity index (χ0) is 14.6. The van der Waals surface area contributed by atoms with Crippen molar-refractivity contribution < 1.29 is 13.9 Å². The van der Waals surface area contributed by atoms with E-state index in [0.29, 0.717) is 12.0 Å². The number of rotatable bonds is 5. The van der Waals surface area contributed by atoms with Crippen LogP contribution >= 0.6 is 0 Å². The van der Waals surface area contributed by atoms with Crippen LogP contribution in [0.2, 0.25) is 0 Å². The molecule has 3 N–H and O–H groups in total. The number of nitrogens with one attached hydrogen (secondary N) is 1. The average molecular weight is 268 g/mol. The highest BCUT2D eigenvalue weighted by molar-refractivity contribution is 5.85. The van der Waals surface area contributed by atoms with E-state index >= 15 is 0 Å². The number of amides is 1. The van der Waals surface area contributed by atoms with Gasteiger partial charge in [-0.2, -0.15) is 0 Å². The summed E-state index contributed by atoms with van der Waals surface area (Å²) in [5.74, 6) is -0.523. The summed E-state index contributed by atoms with van der Waals surface area (Å²) in [7, 11) is 1.41. The lowest BCUT2D eigenvalue weighted by molar-refractivity contribution is -0.126. The van der Waals surface area contributed by atoms with E-state index in [0.717, 1.165) is 0 Å². The Hall–Kier alpha value is -1.62. The molecule has 0 saturated carbocycles. The maximum absolute atomic E-state index is 13.6. The number of carbonyl (C=O) groups excluding carboxylic acids is 1. The van der Waals surface area contributed by atoms with Crippen molar-refractivity contribution in [2.24, 2.45) is 5.73 Å². The van der Waals surface area contributed by atoms with Crippen LogP contribution in [0, 0.1) is 5.82 Å². The molecule has 0 aliphatic heterocycles. The number of benzene rings is 1. The summed E-state index contributed by atoms with van der Waals surface area (Å²) < 4.78 is 18.4. The fourth-order valence-electron chi connectivity index (χ4n) is 1.56. The number of ether oxygens (including phenoxy) is 1. The highest BCUT2D eigenvalue weighted by atomic mass is 19.1. The maximum Gasteiger partial charge on any atom is 0.240 e. The molecule has 106 valence electrons. The van der Waals surface area contributed by atoms with Gasteiger partial charge in [-0.05, 0) is 38.0 Å². The van der Waals surface area contributed by atoms with Crippen LogP contribution in [0.5, 0.6) is 5.75 Å². The Labute approximate surface area is 113 Å². The molecule has 0 saturated heterocycles. The van der Waals surface area contributed by atoms with Crippen molar-refractivity contribution in [3.05, 3.63) is 29.6 Å². The molecule has 0 heterocycles. The van der Waals surface area contributed by atoms with Crippen LogP contribution in [0.4, 0.5) is 4.39 Å². The van der Waals surface area contributed by atoms with E-state index in [1.54, 1.807) is 19.9 Å². The summed E-state index contributed by atoms with van der Waals surface area (Å²) in [6.45, 7) is 5.30. The largest absolute Gasteiger partial charge is 0.494 e. The standard InChI is InChI=1S/C14H21FN2O2/c1-5-14(3,16)13(18)17-9(2)10-6-7-12(19-4)11(15)8-10/h6-9H,5,16H2,1-4H3,(H,17,18). The molecule has 2 atom stereocenters. The highest BCUT2D eigenvalue weighted by Gasteiger charge is 2.27. The number of methoxy groups -OCH3 is 1. The lowest BCUT2D eigenvalue weighted by Crippen LogP contribution is -2.51. The third-order valence-electron chi connectivity index (χ3n) is 3.28. The molecular weight excluding hydrogens is 247 g/mol. The van der Waals surface area contributed by atoms with Crippen LogP contribution < -0.4 is 15.8 Å². The van der Waals surface area contributed by atoms with E-state index in [1.807, 2.05) is 6.92 Å². The Balaban J connectivity index is 2.81. The van der Waals surface area contributed by atoms with Gasteiger partial charge >= 0.3 is 0 Å². The second-order valence-electron chi connectivity index (χ2n) is 4.86. The molecule has 4 nitrogen and oxygen atoms in total. The predicted octanol–water partition coefficient (Wildman–Crippen LogP) is 2.14. The summed E-state index contributed by atoms with van der Waals surface area (Å²) in [4.78, 5) is 11.9. The molecule has 5 heteroatoms. The van der Waals surface area contributed by atoms with Crippen molar-refractivity contribution in [1.82, 2.24) is 5.32 Å². The van der Waals surface area contributed by atoms with E-state index in [-0.39, 0.29) is 17.7 Å². The molecule has 0 aliphatic rings. The van der Waals surface area contributed by atoms with E-state index < -0.39 is 11.4 Å². The quantitative estimate of drug-likeness (QED) is 0.860. The minimum atomic E-state index is -0.917. The van der Waals surface area contributed by atoms with Gasteiger partial charge in [-0.25, -0.2) is 4.39 Å². The number of halogens is 1. The van der Waals surface area contributed by atoms with E-state index in [4.69, 9.17) is 10.5 Å². The van der Waals surface area contributed by atoms with Crippen molar-refractivity contribution in [2.45, 2.75) is 38.8 Å². The molecular formula is C14H21FN2O2. The Kier molecular flexibility index (Phi) is 4.89. The van der Waals surface area contributed by atoms with Gasteiger partial charge in [0.05, 0.1) is 18.7 Å². The van der Waals surface area contributed by atoms with Gasteiger partial charge in [0.15, 0.2) is 11.6 Å². The minimum absolute atomic E-state index is 0.180. The van der Waals surface area contributed by atoms with Gasteiger partial charge in [0, 0.05) is 0 Å². The predicted molar refractivity (Wildman–Crippen MR) is 72.4 cm³/mol. The molecule has 1 amide bonds. The van der Waals surface area contributed by atoms with Gasteiger partial charge < -0.3 is 15.8 Å². The molecule has 1 aromatic rings. The Morgan fingerprint density at radius 1 is 1.58 bits per heavy atom. The van der Waals surface area contributed by atoms with Crippen molar-refractivity contribution in [2.75, 3.05) is 7.11 Å². The first-order valence-corrected chi connectivity index (χ1v) is 6.25. The molecule has 0 spiro atoms. The van der Waals surface area contributed by atoms with Crippen LogP contribution in [0.3, 0.4) is 0 Å². The highest BCUT2D eigenvalue weighted by Crippen LogP contribution is 2.22. The van der Waals surface area contributed by atoms with E-state index in [1.165, 1.54) is 19.2 Å². The molecule has 0 bridgehead atoms. The minimum Gasteiger partial charge on any atom is -0.494 e. The first kappa shape index (κ1) is 15.4. The normalized spacial score (nSPS) is 15.5. The lowest BCUT2D eigenvalue weighted by atomic mass is 9.98. The van der Waals surface area contributed by atoms with E-state index in [2.05, 4.69) is 5.32 Å². The molecule has 0 aliphatic carbocycles. The molecule has 1 rings (SSSR count). The summed E-state index contributed by atoms with van der Waals surface area (Å²) in [5, 5.41) is 2.78. The van der Waals surface area contributed by atoms with Crippen molar-refractivity contribution in [3.63, 3.8) is 0 Å². The summed E-state index contributed by atoms with van der Waals surface area (Å²) in [5.41, 5.74) is 5.60. The number of hydrogen-bond acceptors (Lipinski definition) is 3. The van der Waals surface area contributed by atoms with Gasteiger partial charge in [0.25, 0.3) is 0 Å². The van der Waals surface area contributed by atoms with Crippen LogP contribution in [0.25, 0.3) is 0 Å².